The molecule has 2 rings (SSSR count). The molecule has 0 saturated heterocycles. The third-order valence-electron chi connectivity index (χ3n) is 3.57. The number of hydrogen-bond acceptors (Lipinski definition) is 4. The molecule has 0 atom stereocenters. The second-order valence-electron chi connectivity index (χ2n) is 4.79. The van der Waals surface area contributed by atoms with Gasteiger partial charge in [0.2, 0.25) is 0 Å². The van der Waals surface area contributed by atoms with Gasteiger partial charge < -0.3 is 5.32 Å². The highest BCUT2D eigenvalue weighted by Gasteiger charge is 2.30. The van der Waals surface area contributed by atoms with Crippen molar-refractivity contribution in [3.05, 3.63) is 18.1 Å². The molecule has 1 fully saturated rings. The molecule has 0 unspecified atom stereocenters. The fourth-order valence-electron chi connectivity index (χ4n) is 2.46. The lowest BCUT2D eigenvalue weighted by atomic mass is 9.88. The Kier molecular flexibility index (Phi) is 4.26. The van der Waals surface area contributed by atoms with Crippen LogP contribution in [0.4, 0.5) is 5.82 Å². The van der Waals surface area contributed by atoms with Gasteiger partial charge in [0, 0.05) is 17.5 Å². The summed E-state index contributed by atoms with van der Waals surface area (Å²) >= 11 is 2.01. The lowest BCUT2D eigenvalue weighted by Crippen LogP contribution is -2.35. The van der Waals surface area contributed by atoms with E-state index in [4.69, 9.17) is 0 Å². The van der Waals surface area contributed by atoms with Gasteiger partial charge >= 0.3 is 0 Å². The number of rotatable bonds is 4. The minimum atomic E-state index is 0.414. The summed E-state index contributed by atoms with van der Waals surface area (Å²) in [6, 6.07) is 1.95. The van der Waals surface area contributed by atoms with Crippen LogP contribution < -0.4 is 5.32 Å². The van der Waals surface area contributed by atoms with Crippen LogP contribution in [0.5, 0.6) is 0 Å². The van der Waals surface area contributed by atoms with Gasteiger partial charge in [0.25, 0.3) is 0 Å². The van der Waals surface area contributed by atoms with Gasteiger partial charge in [-0.2, -0.15) is 11.8 Å². The molecule has 1 N–H and O–H groups in total. The Morgan fingerprint density at radius 1 is 1.35 bits per heavy atom. The summed E-state index contributed by atoms with van der Waals surface area (Å²) in [4.78, 5) is 8.51. The largest absolute Gasteiger partial charge is 0.369 e. The maximum absolute atomic E-state index is 4.39. The van der Waals surface area contributed by atoms with Gasteiger partial charge in [-0.25, -0.2) is 9.97 Å². The van der Waals surface area contributed by atoms with E-state index in [0.29, 0.717) is 4.75 Å². The van der Waals surface area contributed by atoms with Crippen molar-refractivity contribution in [3.63, 3.8) is 0 Å². The molecule has 4 heteroatoms. The molecule has 17 heavy (non-hydrogen) atoms. The second-order valence-corrected chi connectivity index (χ2v) is 6.06. The van der Waals surface area contributed by atoms with Gasteiger partial charge in [-0.3, -0.25) is 0 Å². The molecule has 1 aliphatic carbocycles. The van der Waals surface area contributed by atoms with Crippen molar-refractivity contribution >= 4 is 17.6 Å². The number of anilines is 1. The maximum atomic E-state index is 4.39. The predicted octanol–water partition coefficient (Wildman–Crippen LogP) is 3.26. The fraction of sp³-hybridized carbons (Fsp3) is 0.692. The fourth-order valence-corrected chi connectivity index (χ4v) is 3.37. The summed E-state index contributed by atoms with van der Waals surface area (Å²) in [5.41, 5.74) is 0. The molecule has 1 aromatic rings. The van der Waals surface area contributed by atoms with Crippen molar-refractivity contribution in [2.75, 3.05) is 18.1 Å². The minimum absolute atomic E-state index is 0.414. The summed E-state index contributed by atoms with van der Waals surface area (Å²) in [5.74, 6) is 1.79. The van der Waals surface area contributed by atoms with E-state index >= 15 is 0 Å². The lowest BCUT2D eigenvalue weighted by molar-refractivity contribution is 0.411. The molecule has 0 radical (unpaired) electrons. The summed E-state index contributed by atoms with van der Waals surface area (Å²) in [7, 11) is 0. The third-order valence-corrected chi connectivity index (χ3v) is 4.98. The molecule has 0 aromatic carbocycles. The minimum Gasteiger partial charge on any atom is -0.369 e. The second kappa shape index (κ2) is 5.71. The lowest BCUT2D eigenvalue weighted by Gasteiger charge is -2.36. The topological polar surface area (TPSA) is 37.8 Å². The van der Waals surface area contributed by atoms with Crippen LogP contribution in [0.25, 0.3) is 0 Å². The van der Waals surface area contributed by atoms with Gasteiger partial charge in [0.1, 0.15) is 11.6 Å². The van der Waals surface area contributed by atoms with E-state index in [9.17, 15) is 0 Å². The SMILES string of the molecule is CSC1(CNc2ccnc(C)n2)CCCCC1. The van der Waals surface area contributed by atoms with Gasteiger partial charge in [0.15, 0.2) is 0 Å². The van der Waals surface area contributed by atoms with Crippen molar-refractivity contribution in [3.8, 4) is 0 Å². The van der Waals surface area contributed by atoms with Crippen LogP contribution >= 0.6 is 11.8 Å². The molecule has 1 heterocycles. The summed E-state index contributed by atoms with van der Waals surface area (Å²) < 4.78 is 0.414. The highest BCUT2D eigenvalue weighted by atomic mass is 32.2. The van der Waals surface area contributed by atoms with Crippen LogP contribution in [-0.2, 0) is 0 Å². The highest BCUT2D eigenvalue weighted by Crippen LogP contribution is 2.38. The van der Waals surface area contributed by atoms with Crippen LogP contribution in [-0.4, -0.2) is 27.5 Å². The molecule has 94 valence electrons. The first-order chi connectivity index (χ1) is 8.24. The molecule has 1 aromatic heterocycles. The third kappa shape index (κ3) is 3.35. The van der Waals surface area contributed by atoms with Crippen LogP contribution in [0.15, 0.2) is 12.3 Å². The molecule has 0 bridgehead atoms. The zero-order valence-electron chi connectivity index (χ0n) is 10.7. The highest BCUT2D eigenvalue weighted by molar-refractivity contribution is 8.00. The van der Waals surface area contributed by atoms with Crippen LogP contribution in [0.1, 0.15) is 37.9 Å². The maximum Gasteiger partial charge on any atom is 0.129 e. The Hall–Kier alpha value is -0.770. The molecule has 0 spiro atoms. The van der Waals surface area contributed by atoms with Crippen LogP contribution in [0.3, 0.4) is 0 Å². The van der Waals surface area contributed by atoms with E-state index in [1.807, 2.05) is 30.9 Å². The smallest absolute Gasteiger partial charge is 0.129 e. The molecule has 3 nitrogen and oxygen atoms in total. The van der Waals surface area contributed by atoms with Crippen molar-refractivity contribution in [1.82, 2.24) is 9.97 Å². The Morgan fingerprint density at radius 3 is 2.76 bits per heavy atom. The van der Waals surface area contributed by atoms with Crippen molar-refractivity contribution in [1.29, 1.82) is 0 Å². The summed E-state index contributed by atoms with van der Waals surface area (Å²) in [6.45, 7) is 2.95. The number of hydrogen-bond donors (Lipinski definition) is 1. The Bertz CT molecular complexity index is 361. The van der Waals surface area contributed by atoms with E-state index in [1.54, 1.807) is 0 Å². The van der Waals surface area contributed by atoms with Crippen molar-refractivity contribution in [2.45, 2.75) is 43.8 Å². The Labute approximate surface area is 108 Å². The first-order valence-corrected chi connectivity index (χ1v) is 7.55. The summed E-state index contributed by atoms with van der Waals surface area (Å²) in [6.07, 6.45) is 10.8. The van der Waals surface area contributed by atoms with E-state index < -0.39 is 0 Å². The first-order valence-electron chi connectivity index (χ1n) is 6.33. The molecular weight excluding hydrogens is 230 g/mol. The molecular formula is C13H21N3S. The average molecular weight is 251 g/mol. The van der Waals surface area contributed by atoms with E-state index in [-0.39, 0.29) is 0 Å². The first kappa shape index (κ1) is 12.7. The summed E-state index contributed by atoms with van der Waals surface area (Å²) in [5, 5.41) is 3.48. The van der Waals surface area contributed by atoms with E-state index in [1.165, 1.54) is 32.1 Å². The Balaban J connectivity index is 1.95. The zero-order chi connectivity index (χ0) is 12.1. The normalized spacial score (nSPS) is 18.9. The van der Waals surface area contributed by atoms with Crippen molar-refractivity contribution in [2.24, 2.45) is 0 Å². The molecule has 1 aliphatic rings. The van der Waals surface area contributed by atoms with Gasteiger partial charge in [-0.15, -0.1) is 0 Å². The average Bonchev–Trinajstić information content (AvgIpc) is 2.38. The number of thioether (sulfide) groups is 1. The quantitative estimate of drug-likeness (QED) is 0.891. The number of nitrogens with zero attached hydrogens (tertiary/aromatic N) is 2. The predicted molar refractivity (Wildman–Crippen MR) is 74.6 cm³/mol. The van der Waals surface area contributed by atoms with Crippen molar-refractivity contribution < 1.29 is 0 Å². The molecule has 1 saturated carbocycles. The van der Waals surface area contributed by atoms with Crippen LogP contribution in [0.2, 0.25) is 0 Å². The van der Waals surface area contributed by atoms with Gasteiger partial charge in [0.05, 0.1) is 0 Å². The van der Waals surface area contributed by atoms with Gasteiger partial charge in [-0.05, 0) is 32.1 Å². The van der Waals surface area contributed by atoms with E-state index in [0.717, 1.165) is 18.2 Å². The monoisotopic (exact) mass is 251 g/mol. The molecule has 0 aliphatic heterocycles. The zero-order valence-corrected chi connectivity index (χ0v) is 11.5. The number of aromatic nitrogens is 2. The number of aryl methyl sites for hydroxylation is 1. The molecule has 0 amide bonds. The number of nitrogens with one attached hydrogen (secondary N) is 1. The van der Waals surface area contributed by atoms with E-state index in [2.05, 4.69) is 21.5 Å². The standard InChI is InChI=1S/C13H21N3S/c1-11-14-9-6-12(16-11)15-10-13(17-2)7-4-3-5-8-13/h6,9H,3-5,7-8,10H2,1-2H3,(H,14,15,16). The van der Waals surface area contributed by atoms with Crippen LogP contribution in [0, 0.1) is 6.92 Å². The Morgan fingerprint density at radius 2 is 2.12 bits per heavy atom. The van der Waals surface area contributed by atoms with Gasteiger partial charge in [-0.1, -0.05) is 19.3 Å².